The van der Waals surface area contributed by atoms with Crippen molar-refractivity contribution >= 4 is 6.09 Å². The Kier molecular flexibility index (Phi) is 4.92. The largest absolute Gasteiger partial charge is 0.448 e. The number of ether oxygens (including phenoxy) is 1. The van der Waals surface area contributed by atoms with Gasteiger partial charge < -0.3 is 14.7 Å². The zero-order valence-electron chi connectivity index (χ0n) is 15.9. The van der Waals surface area contributed by atoms with Crippen LogP contribution in [0.4, 0.5) is 4.79 Å². The Labute approximate surface area is 160 Å². The molecule has 1 amide bonds. The van der Waals surface area contributed by atoms with Gasteiger partial charge in [-0.15, -0.1) is 0 Å². The molecule has 4 nitrogen and oxygen atoms in total. The standard InChI is InChI=1S/C23H27NO3/c1-2-23(16-25)12-7-13-24(15-23)22(26)27-14-21-19-10-5-3-8-17(19)18-9-4-6-11-20(18)21/h3-6,8-11,21,25H,2,7,12-16H2,1H3. The van der Waals surface area contributed by atoms with Crippen LogP contribution in [0.2, 0.25) is 0 Å². The van der Waals surface area contributed by atoms with Crippen molar-refractivity contribution in [3.8, 4) is 11.1 Å². The molecule has 142 valence electrons. The Bertz CT molecular complexity index is 782. The third kappa shape index (κ3) is 3.23. The molecule has 27 heavy (non-hydrogen) atoms. The highest BCUT2D eigenvalue weighted by Crippen LogP contribution is 2.44. The van der Waals surface area contributed by atoms with Crippen LogP contribution in [0.1, 0.15) is 43.2 Å². The topological polar surface area (TPSA) is 49.8 Å². The predicted octanol–water partition coefficient (Wildman–Crippen LogP) is 4.42. The number of rotatable bonds is 4. The van der Waals surface area contributed by atoms with E-state index in [0.29, 0.717) is 19.7 Å². The van der Waals surface area contributed by atoms with Crippen LogP contribution in [-0.2, 0) is 4.74 Å². The van der Waals surface area contributed by atoms with E-state index in [9.17, 15) is 9.90 Å². The number of amides is 1. The molecular formula is C23H27NO3. The van der Waals surface area contributed by atoms with Gasteiger partial charge in [0.1, 0.15) is 6.61 Å². The number of aliphatic hydroxyl groups is 1. The van der Waals surface area contributed by atoms with Crippen molar-refractivity contribution < 1.29 is 14.6 Å². The molecule has 0 radical (unpaired) electrons. The molecule has 0 aromatic heterocycles. The zero-order valence-corrected chi connectivity index (χ0v) is 15.9. The molecule has 1 N–H and O–H groups in total. The lowest BCUT2D eigenvalue weighted by Crippen LogP contribution is -2.48. The van der Waals surface area contributed by atoms with Crippen LogP contribution in [0.15, 0.2) is 48.5 Å². The smallest absolute Gasteiger partial charge is 0.409 e. The summed E-state index contributed by atoms with van der Waals surface area (Å²) in [4.78, 5) is 14.5. The number of piperidine rings is 1. The molecule has 4 heteroatoms. The van der Waals surface area contributed by atoms with Gasteiger partial charge in [0.15, 0.2) is 0 Å². The highest BCUT2D eigenvalue weighted by Gasteiger charge is 2.36. The highest BCUT2D eigenvalue weighted by molar-refractivity contribution is 5.79. The summed E-state index contributed by atoms with van der Waals surface area (Å²) < 4.78 is 5.77. The summed E-state index contributed by atoms with van der Waals surface area (Å²) >= 11 is 0. The average Bonchev–Trinajstić information content (AvgIpc) is 3.06. The van der Waals surface area contributed by atoms with Crippen molar-refractivity contribution in [2.24, 2.45) is 5.41 Å². The lowest BCUT2D eigenvalue weighted by atomic mass is 9.78. The summed E-state index contributed by atoms with van der Waals surface area (Å²) in [6, 6.07) is 16.7. The molecule has 1 atom stereocenters. The van der Waals surface area contributed by atoms with Gasteiger partial charge in [0, 0.05) is 24.4 Å². The molecule has 4 rings (SSSR count). The van der Waals surface area contributed by atoms with Crippen LogP contribution in [0.25, 0.3) is 11.1 Å². The fourth-order valence-corrected chi connectivity index (χ4v) is 4.58. The minimum atomic E-state index is -0.261. The minimum absolute atomic E-state index is 0.0833. The molecule has 1 aliphatic heterocycles. The summed E-state index contributed by atoms with van der Waals surface area (Å²) in [5.74, 6) is 0.0833. The molecule has 1 saturated heterocycles. The first-order valence-corrected chi connectivity index (χ1v) is 9.88. The van der Waals surface area contributed by atoms with E-state index in [0.717, 1.165) is 19.3 Å². The molecule has 1 fully saturated rings. The van der Waals surface area contributed by atoms with Gasteiger partial charge in [0.25, 0.3) is 0 Å². The van der Waals surface area contributed by atoms with Crippen LogP contribution < -0.4 is 0 Å². The fourth-order valence-electron chi connectivity index (χ4n) is 4.58. The van der Waals surface area contributed by atoms with E-state index in [1.54, 1.807) is 4.90 Å². The van der Waals surface area contributed by atoms with Gasteiger partial charge >= 0.3 is 6.09 Å². The van der Waals surface area contributed by atoms with Crippen molar-refractivity contribution in [3.63, 3.8) is 0 Å². The fraction of sp³-hybridized carbons (Fsp3) is 0.435. The van der Waals surface area contributed by atoms with Gasteiger partial charge in [-0.1, -0.05) is 55.5 Å². The molecule has 2 aromatic carbocycles. The van der Waals surface area contributed by atoms with Crippen molar-refractivity contribution in [2.45, 2.75) is 32.1 Å². The third-order valence-corrected chi connectivity index (χ3v) is 6.34. The maximum Gasteiger partial charge on any atom is 0.409 e. The molecule has 0 bridgehead atoms. The maximum absolute atomic E-state index is 12.7. The molecule has 1 unspecified atom stereocenters. The van der Waals surface area contributed by atoms with Crippen molar-refractivity contribution in [3.05, 3.63) is 59.7 Å². The van der Waals surface area contributed by atoms with E-state index in [2.05, 4.69) is 43.3 Å². The van der Waals surface area contributed by atoms with Crippen molar-refractivity contribution in [1.29, 1.82) is 0 Å². The van der Waals surface area contributed by atoms with E-state index in [-0.39, 0.29) is 24.0 Å². The number of aliphatic hydroxyl groups excluding tert-OH is 1. The predicted molar refractivity (Wildman–Crippen MR) is 106 cm³/mol. The van der Waals surface area contributed by atoms with E-state index < -0.39 is 0 Å². The van der Waals surface area contributed by atoms with E-state index in [4.69, 9.17) is 4.74 Å². The SMILES string of the molecule is CCC1(CO)CCCN(C(=O)OCC2c3ccccc3-c3ccccc32)C1. The first-order valence-electron chi connectivity index (χ1n) is 9.88. The summed E-state index contributed by atoms with van der Waals surface area (Å²) in [5, 5.41) is 9.78. The van der Waals surface area contributed by atoms with Gasteiger partial charge in [-0.05, 0) is 41.5 Å². The number of hydrogen-bond acceptors (Lipinski definition) is 3. The Balaban J connectivity index is 1.48. The summed E-state index contributed by atoms with van der Waals surface area (Å²) in [5.41, 5.74) is 4.74. The lowest BCUT2D eigenvalue weighted by molar-refractivity contribution is 0.0207. The van der Waals surface area contributed by atoms with Crippen LogP contribution in [0, 0.1) is 5.41 Å². The van der Waals surface area contributed by atoms with E-state index in [1.165, 1.54) is 22.3 Å². The molecule has 2 aliphatic rings. The van der Waals surface area contributed by atoms with Crippen LogP contribution >= 0.6 is 0 Å². The number of fused-ring (bicyclic) bond motifs is 3. The number of carbonyl (C=O) groups is 1. The van der Waals surface area contributed by atoms with Gasteiger partial charge in [-0.3, -0.25) is 0 Å². The van der Waals surface area contributed by atoms with Crippen molar-refractivity contribution in [1.82, 2.24) is 4.90 Å². The third-order valence-electron chi connectivity index (χ3n) is 6.34. The van der Waals surface area contributed by atoms with Crippen LogP contribution in [0.3, 0.4) is 0 Å². The second-order valence-electron chi connectivity index (χ2n) is 7.84. The average molecular weight is 365 g/mol. The van der Waals surface area contributed by atoms with Gasteiger partial charge in [0.2, 0.25) is 0 Å². The first kappa shape index (κ1) is 18.1. The molecule has 0 saturated carbocycles. The highest BCUT2D eigenvalue weighted by atomic mass is 16.6. The Morgan fingerprint density at radius 1 is 1.15 bits per heavy atom. The van der Waals surface area contributed by atoms with E-state index in [1.807, 2.05) is 12.1 Å². The van der Waals surface area contributed by atoms with Gasteiger partial charge in [-0.2, -0.15) is 0 Å². The maximum atomic E-state index is 12.7. The summed E-state index contributed by atoms with van der Waals surface area (Å²) in [6.45, 7) is 3.84. The Morgan fingerprint density at radius 2 is 1.78 bits per heavy atom. The normalized spacial score (nSPS) is 21.6. The second kappa shape index (κ2) is 7.35. The van der Waals surface area contributed by atoms with Gasteiger partial charge in [0.05, 0.1) is 6.61 Å². The lowest BCUT2D eigenvalue weighted by Gasteiger charge is -2.40. The quantitative estimate of drug-likeness (QED) is 0.872. The molecule has 0 spiro atoms. The molecule has 1 aliphatic carbocycles. The number of benzene rings is 2. The number of carbonyl (C=O) groups excluding carboxylic acids is 1. The Morgan fingerprint density at radius 3 is 2.37 bits per heavy atom. The minimum Gasteiger partial charge on any atom is -0.448 e. The zero-order chi connectivity index (χ0) is 18.9. The first-order chi connectivity index (χ1) is 13.2. The second-order valence-corrected chi connectivity index (χ2v) is 7.84. The summed E-state index contributed by atoms with van der Waals surface area (Å²) in [7, 11) is 0. The Hall–Kier alpha value is -2.33. The number of likely N-dealkylation sites (tertiary alicyclic amines) is 1. The van der Waals surface area contributed by atoms with Gasteiger partial charge in [-0.25, -0.2) is 4.79 Å². The van der Waals surface area contributed by atoms with E-state index >= 15 is 0 Å². The summed E-state index contributed by atoms with van der Waals surface area (Å²) in [6.07, 6.45) is 2.49. The van der Waals surface area contributed by atoms with Crippen molar-refractivity contribution in [2.75, 3.05) is 26.3 Å². The molecule has 2 aromatic rings. The molecular weight excluding hydrogens is 338 g/mol. The number of nitrogens with zero attached hydrogens (tertiary/aromatic N) is 1. The monoisotopic (exact) mass is 365 g/mol. The molecule has 1 heterocycles. The van der Waals surface area contributed by atoms with Crippen LogP contribution in [-0.4, -0.2) is 42.4 Å². The van der Waals surface area contributed by atoms with Crippen LogP contribution in [0.5, 0.6) is 0 Å². The number of hydrogen-bond donors (Lipinski definition) is 1.